The molecule has 0 fully saturated rings. The minimum atomic E-state index is -0.976. The van der Waals surface area contributed by atoms with Gasteiger partial charge in [0.05, 0.1) is 12.6 Å². The summed E-state index contributed by atoms with van der Waals surface area (Å²) in [6.45, 7) is 9.00. The molecule has 0 spiro atoms. The fourth-order valence-electron chi connectivity index (χ4n) is 1.50. The van der Waals surface area contributed by atoms with Gasteiger partial charge >= 0.3 is 11.9 Å². The van der Waals surface area contributed by atoms with Crippen molar-refractivity contribution in [2.75, 3.05) is 6.54 Å². The first-order valence-corrected chi connectivity index (χ1v) is 8.01. The average Bonchev–Trinajstić information content (AvgIpc) is 2.48. The molecular formula is C16H30N2O6. The second-order valence-corrected chi connectivity index (χ2v) is 5.89. The highest BCUT2D eigenvalue weighted by molar-refractivity contribution is 5.91. The van der Waals surface area contributed by atoms with E-state index < -0.39 is 18.0 Å². The van der Waals surface area contributed by atoms with E-state index in [-0.39, 0.29) is 49.5 Å². The molecular weight excluding hydrogens is 316 g/mol. The quantitative estimate of drug-likeness (QED) is 0.464. The Balaban J connectivity index is 0. The van der Waals surface area contributed by atoms with Gasteiger partial charge in [0.25, 0.3) is 0 Å². The minimum absolute atomic E-state index is 0.118. The van der Waals surface area contributed by atoms with Crippen molar-refractivity contribution in [1.29, 1.82) is 0 Å². The van der Waals surface area contributed by atoms with Gasteiger partial charge in [-0.05, 0) is 6.42 Å². The largest absolute Gasteiger partial charge is 0.481 e. The third kappa shape index (κ3) is 15.0. The number of carbonyl (C=O) groups is 4. The molecule has 0 radical (unpaired) electrons. The van der Waals surface area contributed by atoms with Crippen molar-refractivity contribution < 1.29 is 29.4 Å². The number of carbonyl (C=O) groups excluding carboxylic acids is 2. The molecule has 0 bridgehead atoms. The van der Waals surface area contributed by atoms with Gasteiger partial charge in [-0.15, -0.1) is 0 Å². The standard InChI is InChI=1S/C13H24N2O4.C3H6O2/c1-8(2)13(19)10(5-6-12(17)18)15-11(16)7-14-9(3)4;1-2-3(4)5/h8-10,14H,5-7H2,1-4H3,(H,15,16)(H,17,18);2H2,1H3,(H,4,5). The van der Waals surface area contributed by atoms with Crippen molar-refractivity contribution in [2.24, 2.45) is 5.92 Å². The number of aliphatic carboxylic acids is 2. The first-order chi connectivity index (χ1) is 11.0. The lowest BCUT2D eigenvalue weighted by Crippen LogP contribution is -2.47. The van der Waals surface area contributed by atoms with Crippen LogP contribution in [0.5, 0.6) is 0 Å². The summed E-state index contributed by atoms with van der Waals surface area (Å²) in [5.74, 6) is -2.39. The summed E-state index contributed by atoms with van der Waals surface area (Å²) in [6, 6.07) is -0.554. The van der Waals surface area contributed by atoms with Crippen LogP contribution in [0.1, 0.15) is 53.9 Å². The van der Waals surface area contributed by atoms with E-state index in [9.17, 15) is 19.2 Å². The van der Waals surface area contributed by atoms with Crippen LogP contribution in [0.15, 0.2) is 0 Å². The summed E-state index contributed by atoms with van der Waals surface area (Å²) < 4.78 is 0. The molecule has 0 saturated heterocycles. The van der Waals surface area contributed by atoms with E-state index in [1.165, 1.54) is 0 Å². The van der Waals surface area contributed by atoms with Gasteiger partial charge in [0.15, 0.2) is 5.78 Å². The molecule has 0 rings (SSSR count). The smallest absolute Gasteiger partial charge is 0.303 e. The SMILES string of the molecule is CC(C)NCC(=O)NC(CCC(=O)O)C(=O)C(C)C.CCC(=O)O. The fourth-order valence-corrected chi connectivity index (χ4v) is 1.50. The normalized spacial score (nSPS) is 11.5. The summed E-state index contributed by atoms with van der Waals surface area (Å²) in [4.78, 5) is 43.5. The van der Waals surface area contributed by atoms with E-state index in [2.05, 4.69) is 10.6 Å². The predicted molar refractivity (Wildman–Crippen MR) is 89.7 cm³/mol. The zero-order valence-corrected chi connectivity index (χ0v) is 15.1. The number of nitrogens with one attached hydrogen (secondary N) is 2. The molecule has 24 heavy (non-hydrogen) atoms. The van der Waals surface area contributed by atoms with Gasteiger partial charge in [-0.25, -0.2) is 0 Å². The first-order valence-electron chi connectivity index (χ1n) is 8.01. The zero-order valence-electron chi connectivity index (χ0n) is 15.1. The highest BCUT2D eigenvalue weighted by Gasteiger charge is 2.23. The number of carboxylic acid groups (broad SMARTS) is 2. The molecule has 0 aromatic carbocycles. The number of ketones is 1. The van der Waals surface area contributed by atoms with Gasteiger partial charge in [0.1, 0.15) is 0 Å². The highest BCUT2D eigenvalue weighted by atomic mass is 16.4. The lowest BCUT2D eigenvalue weighted by molar-refractivity contribution is -0.138. The third-order valence-corrected chi connectivity index (χ3v) is 2.87. The molecule has 0 heterocycles. The molecule has 0 aliphatic heterocycles. The molecule has 0 saturated carbocycles. The van der Waals surface area contributed by atoms with Crippen LogP contribution >= 0.6 is 0 Å². The zero-order chi connectivity index (χ0) is 19.3. The maximum Gasteiger partial charge on any atom is 0.303 e. The van der Waals surface area contributed by atoms with Crippen molar-refractivity contribution in [3.05, 3.63) is 0 Å². The van der Waals surface area contributed by atoms with Crippen LogP contribution in [0.25, 0.3) is 0 Å². The lowest BCUT2D eigenvalue weighted by Gasteiger charge is -2.19. The third-order valence-electron chi connectivity index (χ3n) is 2.87. The Kier molecular flexibility index (Phi) is 13.6. The van der Waals surface area contributed by atoms with Gasteiger partial charge in [0, 0.05) is 24.8 Å². The van der Waals surface area contributed by atoms with Gasteiger partial charge in [0.2, 0.25) is 5.91 Å². The van der Waals surface area contributed by atoms with E-state index in [0.717, 1.165) is 0 Å². The fraction of sp³-hybridized carbons (Fsp3) is 0.750. The maximum atomic E-state index is 11.9. The molecule has 0 aliphatic rings. The molecule has 8 heteroatoms. The van der Waals surface area contributed by atoms with Crippen LogP contribution in [0.3, 0.4) is 0 Å². The minimum Gasteiger partial charge on any atom is -0.481 e. The number of rotatable bonds is 10. The van der Waals surface area contributed by atoms with E-state index in [4.69, 9.17) is 10.2 Å². The van der Waals surface area contributed by atoms with Crippen molar-refractivity contribution >= 4 is 23.6 Å². The van der Waals surface area contributed by atoms with Crippen LogP contribution in [-0.4, -0.2) is 52.5 Å². The molecule has 0 aliphatic carbocycles. The average molecular weight is 346 g/mol. The van der Waals surface area contributed by atoms with Crippen LogP contribution in [0.2, 0.25) is 0 Å². The van der Waals surface area contributed by atoms with Crippen molar-refractivity contribution in [1.82, 2.24) is 10.6 Å². The van der Waals surface area contributed by atoms with Crippen molar-refractivity contribution in [3.8, 4) is 0 Å². The lowest BCUT2D eigenvalue weighted by atomic mass is 9.98. The van der Waals surface area contributed by atoms with Crippen LogP contribution in [0, 0.1) is 5.92 Å². The Morgan fingerprint density at radius 3 is 1.79 bits per heavy atom. The van der Waals surface area contributed by atoms with Crippen LogP contribution in [0.4, 0.5) is 0 Å². The number of hydrogen-bond donors (Lipinski definition) is 4. The van der Waals surface area contributed by atoms with E-state index in [1.54, 1.807) is 20.8 Å². The molecule has 140 valence electrons. The Labute approximate surface area is 143 Å². The Morgan fingerprint density at radius 2 is 1.46 bits per heavy atom. The number of hydrogen-bond acceptors (Lipinski definition) is 5. The van der Waals surface area contributed by atoms with Crippen LogP contribution < -0.4 is 10.6 Å². The van der Waals surface area contributed by atoms with Gasteiger partial charge in [-0.2, -0.15) is 0 Å². The summed E-state index contributed by atoms with van der Waals surface area (Å²) in [7, 11) is 0. The van der Waals surface area contributed by atoms with Gasteiger partial charge in [-0.3, -0.25) is 19.2 Å². The Hall–Kier alpha value is -1.96. The Morgan fingerprint density at radius 1 is 0.958 bits per heavy atom. The van der Waals surface area contributed by atoms with E-state index in [0.29, 0.717) is 0 Å². The molecule has 8 nitrogen and oxygen atoms in total. The monoisotopic (exact) mass is 346 g/mol. The molecule has 1 atom stereocenters. The van der Waals surface area contributed by atoms with E-state index in [1.807, 2.05) is 13.8 Å². The first kappa shape index (κ1) is 24.3. The predicted octanol–water partition coefficient (Wildman–Crippen LogP) is 1.04. The highest BCUT2D eigenvalue weighted by Crippen LogP contribution is 2.06. The summed E-state index contributed by atoms with van der Waals surface area (Å²) in [6.07, 6.45) is 0.209. The second kappa shape index (κ2) is 13.5. The number of Topliss-reactive ketones (excluding diaryl/α,β-unsaturated/α-hetero) is 1. The van der Waals surface area contributed by atoms with Crippen LogP contribution in [-0.2, 0) is 19.2 Å². The topological polar surface area (TPSA) is 133 Å². The van der Waals surface area contributed by atoms with Gasteiger partial charge < -0.3 is 20.8 Å². The molecule has 4 N–H and O–H groups in total. The second-order valence-electron chi connectivity index (χ2n) is 5.89. The molecule has 0 aromatic heterocycles. The molecule has 1 unspecified atom stereocenters. The van der Waals surface area contributed by atoms with Gasteiger partial charge in [-0.1, -0.05) is 34.6 Å². The van der Waals surface area contributed by atoms with Crippen molar-refractivity contribution in [3.63, 3.8) is 0 Å². The summed E-state index contributed by atoms with van der Waals surface area (Å²) in [5.41, 5.74) is 0. The number of carboxylic acids is 2. The van der Waals surface area contributed by atoms with E-state index >= 15 is 0 Å². The number of amides is 1. The maximum absolute atomic E-state index is 11.9. The Bertz CT molecular complexity index is 421. The summed E-state index contributed by atoms with van der Waals surface area (Å²) in [5, 5.41) is 21.9. The molecule has 0 aromatic rings. The molecule has 1 amide bonds. The van der Waals surface area contributed by atoms with Crippen molar-refractivity contribution in [2.45, 2.75) is 66.0 Å². The summed E-state index contributed by atoms with van der Waals surface area (Å²) >= 11 is 0.